The van der Waals surface area contributed by atoms with E-state index in [1.165, 1.54) is 0 Å². The fraction of sp³-hybridized carbons (Fsp3) is 0.0833. The third-order valence-electron chi connectivity index (χ3n) is 2.56. The van der Waals surface area contributed by atoms with Crippen molar-refractivity contribution in [3.8, 4) is 0 Å². The fourth-order valence-corrected chi connectivity index (χ4v) is 1.76. The molecule has 0 unspecified atom stereocenters. The van der Waals surface area contributed by atoms with Gasteiger partial charge in [-0.1, -0.05) is 18.2 Å². The minimum absolute atomic E-state index is 0.238. The van der Waals surface area contributed by atoms with Gasteiger partial charge in [-0.05, 0) is 6.07 Å². The molecule has 4 heteroatoms. The van der Waals surface area contributed by atoms with Gasteiger partial charge in [0.05, 0.1) is 18.1 Å². The third-order valence-corrected chi connectivity index (χ3v) is 2.56. The van der Waals surface area contributed by atoms with E-state index in [0.717, 1.165) is 5.22 Å². The van der Waals surface area contributed by atoms with E-state index in [1.807, 2.05) is 35.4 Å². The van der Waals surface area contributed by atoms with E-state index in [0.29, 0.717) is 17.6 Å². The molecule has 0 bridgehead atoms. The summed E-state index contributed by atoms with van der Waals surface area (Å²) in [5.41, 5.74) is 0.527. The number of para-hydroxylation sites is 1. The van der Waals surface area contributed by atoms with Gasteiger partial charge in [-0.3, -0.25) is 9.79 Å². The lowest BCUT2D eigenvalue weighted by Gasteiger charge is -2.19. The molecule has 2 heterocycles. The zero-order valence-electron chi connectivity index (χ0n) is 8.50. The molecular weight excluding hydrogens is 202 g/mol. The summed E-state index contributed by atoms with van der Waals surface area (Å²) in [6.07, 6.45) is 5.25. The number of aliphatic imine (C=N–C) groups is 1. The molecule has 3 rings (SSSR count). The molecule has 1 aromatic rings. The zero-order chi connectivity index (χ0) is 11.0. The third kappa shape index (κ3) is 1.35. The normalized spacial score (nSPS) is 17.6. The Bertz CT molecular complexity index is 628. The van der Waals surface area contributed by atoms with Crippen LogP contribution in [0.4, 0.5) is 0 Å². The van der Waals surface area contributed by atoms with Crippen molar-refractivity contribution >= 4 is 18.3 Å². The van der Waals surface area contributed by atoms with Crippen molar-refractivity contribution in [1.29, 1.82) is 0 Å². The van der Waals surface area contributed by atoms with Crippen LogP contribution >= 0.6 is 0 Å². The van der Waals surface area contributed by atoms with Gasteiger partial charge in [0.1, 0.15) is 5.70 Å². The number of hydrogen-bond donors (Lipinski definition) is 0. The van der Waals surface area contributed by atoms with E-state index in [1.54, 1.807) is 12.4 Å². The highest BCUT2D eigenvalue weighted by Crippen LogP contribution is 2.11. The van der Waals surface area contributed by atoms with Gasteiger partial charge in [0.25, 0.3) is 5.91 Å². The van der Waals surface area contributed by atoms with Crippen LogP contribution in [0.2, 0.25) is 0 Å². The first-order valence-electron chi connectivity index (χ1n) is 5.03. The molecule has 0 saturated carbocycles. The highest BCUT2D eigenvalue weighted by atomic mass is 16.1. The van der Waals surface area contributed by atoms with Gasteiger partial charge in [-0.2, -0.15) is 0 Å². The van der Waals surface area contributed by atoms with Crippen LogP contribution < -0.4 is 10.6 Å². The minimum Gasteiger partial charge on any atom is -0.336 e. The number of rotatable bonds is 0. The molecule has 1 amide bonds. The van der Waals surface area contributed by atoms with Crippen LogP contribution in [0.15, 0.2) is 46.1 Å². The second-order valence-corrected chi connectivity index (χ2v) is 3.60. The molecule has 4 nitrogen and oxygen atoms in total. The van der Waals surface area contributed by atoms with Crippen molar-refractivity contribution in [3.05, 3.63) is 46.7 Å². The van der Waals surface area contributed by atoms with Crippen molar-refractivity contribution in [2.45, 2.75) is 0 Å². The van der Waals surface area contributed by atoms with Gasteiger partial charge in [-0.15, -0.1) is 0 Å². The smallest absolute Gasteiger partial charge is 0.295 e. The van der Waals surface area contributed by atoms with E-state index in [2.05, 4.69) is 9.98 Å². The maximum Gasteiger partial charge on any atom is 0.295 e. The predicted molar refractivity (Wildman–Crippen MR) is 60.0 cm³/mol. The molecule has 0 N–H and O–H groups in total. The van der Waals surface area contributed by atoms with Crippen LogP contribution in [-0.2, 0) is 4.79 Å². The summed E-state index contributed by atoms with van der Waals surface area (Å²) >= 11 is 0. The summed E-state index contributed by atoms with van der Waals surface area (Å²) < 4.78 is 0. The molecule has 2 aliphatic heterocycles. The molecule has 0 aromatic heterocycles. The van der Waals surface area contributed by atoms with Crippen molar-refractivity contribution in [3.63, 3.8) is 0 Å². The monoisotopic (exact) mass is 211 g/mol. The van der Waals surface area contributed by atoms with Crippen molar-refractivity contribution in [2.75, 3.05) is 6.54 Å². The summed E-state index contributed by atoms with van der Waals surface area (Å²) in [4.78, 5) is 21.8. The SMILES string of the molecule is O=C1N=c2ccccc2=CN2CC=NC=C12. The molecule has 0 saturated heterocycles. The molecule has 0 atom stereocenters. The van der Waals surface area contributed by atoms with Crippen LogP contribution in [0.25, 0.3) is 6.20 Å². The average Bonchev–Trinajstić information content (AvgIpc) is 2.45. The standard InChI is InChI=1S/C12H9N3O/c16-12-11-7-13-5-6-15(11)8-9-3-1-2-4-10(9)14-12/h1-5,7-8H,6H2. The van der Waals surface area contributed by atoms with Crippen LogP contribution in [0.3, 0.4) is 0 Å². The summed E-state index contributed by atoms with van der Waals surface area (Å²) in [5, 5.41) is 1.66. The lowest BCUT2D eigenvalue weighted by molar-refractivity contribution is -0.115. The van der Waals surface area contributed by atoms with Gasteiger partial charge in [0.2, 0.25) is 0 Å². The summed E-state index contributed by atoms with van der Waals surface area (Å²) in [5.74, 6) is -0.238. The second-order valence-electron chi connectivity index (χ2n) is 3.60. The topological polar surface area (TPSA) is 45.0 Å². The highest BCUT2D eigenvalue weighted by Gasteiger charge is 2.18. The first-order valence-corrected chi connectivity index (χ1v) is 5.03. The van der Waals surface area contributed by atoms with Crippen LogP contribution in [0.1, 0.15) is 0 Å². The summed E-state index contributed by atoms with van der Waals surface area (Å²) in [7, 11) is 0. The molecule has 0 radical (unpaired) electrons. The Labute approximate surface area is 91.9 Å². The Morgan fingerprint density at radius 2 is 2.12 bits per heavy atom. The maximum atomic E-state index is 11.8. The lowest BCUT2D eigenvalue weighted by atomic mass is 10.3. The van der Waals surface area contributed by atoms with Gasteiger partial charge < -0.3 is 4.90 Å². The summed E-state index contributed by atoms with van der Waals surface area (Å²) in [6, 6.07) is 7.59. The summed E-state index contributed by atoms with van der Waals surface area (Å²) in [6.45, 7) is 0.613. The number of nitrogens with zero attached hydrogens (tertiary/aromatic N) is 3. The average molecular weight is 211 g/mol. The number of fused-ring (bicyclic) bond motifs is 2. The lowest BCUT2D eigenvalue weighted by Crippen LogP contribution is -2.28. The largest absolute Gasteiger partial charge is 0.336 e. The van der Waals surface area contributed by atoms with Gasteiger partial charge in [-0.25, -0.2) is 4.99 Å². The predicted octanol–water partition coefficient (Wildman–Crippen LogP) is -0.188. The molecule has 16 heavy (non-hydrogen) atoms. The van der Waals surface area contributed by atoms with E-state index < -0.39 is 0 Å². The van der Waals surface area contributed by atoms with E-state index in [-0.39, 0.29) is 5.91 Å². The van der Waals surface area contributed by atoms with E-state index in [9.17, 15) is 4.79 Å². The van der Waals surface area contributed by atoms with Gasteiger partial charge in [0, 0.05) is 17.6 Å². The zero-order valence-corrected chi connectivity index (χ0v) is 8.50. The first kappa shape index (κ1) is 9.03. The fourth-order valence-electron chi connectivity index (χ4n) is 1.76. The van der Waals surface area contributed by atoms with Crippen molar-refractivity contribution in [1.82, 2.24) is 4.90 Å². The molecule has 0 aliphatic carbocycles. The molecule has 2 aliphatic rings. The molecular formula is C12H9N3O. The Balaban J connectivity index is 2.30. The second kappa shape index (κ2) is 3.41. The number of amides is 1. The van der Waals surface area contributed by atoms with Crippen molar-refractivity contribution in [2.24, 2.45) is 9.98 Å². The number of benzene rings is 1. The van der Waals surface area contributed by atoms with Crippen LogP contribution in [0.5, 0.6) is 0 Å². The number of hydrogen-bond acceptors (Lipinski definition) is 3. The van der Waals surface area contributed by atoms with Gasteiger partial charge >= 0.3 is 0 Å². The van der Waals surface area contributed by atoms with Crippen molar-refractivity contribution < 1.29 is 4.79 Å². The first-order chi connectivity index (χ1) is 7.84. The maximum absolute atomic E-state index is 11.8. The molecule has 1 aromatic carbocycles. The Morgan fingerprint density at radius 1 is 1.25 bits per heavy atom. The molecule has 0 fully saturated rings. The number of carbonyl (C=O) groups excluding carboxylic acids is 1. The Kier molecular flexibility index (Phi) is 1.93. The Hall–Kier alpha value is -2.23. The quantitative estimate of drug-likeness (QED) is 0.597. The Morgan fingerprint density at radius 3 is 3.06 bits per heavy atom. The van der Waals surface area contributed by atoms with Crippen LogP contribution in [0, 0.1) is 0 Å². The molecule has 78 valence electrons. The van der Waals surface area contributed by atoms with Gasteiger partial charge in [0.15, 0.2) is 0 Å². The molecule has 0 spiro atoms. The van der Waals surface area contributed by atoms with E-state index >= 15 is 0 Å². The van der Waals surface area contributed by atoms with Crippen LogP contribution in [-0.4, -0.2) is 23.6 Å². The highest BCUT2D eigenvalue weighted by molar-refractivity contribution is 5.95. The number of carbonyl (C=O) groups is 1. The van der Waals surface area contributed by atoms with E-state index in [4.69, 9.17) is 0 Å². The minimum atomic E-state index is -0.238.